The van der Waals surface area contributed by atoms with Crippen molar-refractivity contribution >= 4 is 5.91 Å². The summed E-state index contributed by atoms with van der Waals surface area (Å²) in [7, 11) is 0. The van der Waals surface area contributed by atoms with E-state index in [0.717, 1.165) is 12.1 Å². The van der Waals surface area contributed by atoms with E-state index in [-0.39, 0.29) is 11.9 Å². The van der Waals surface area contributed by atoms with Crippen LogP contribution in [0.15, 0.2) is 30.3 Å². The fraction of sp³-hybridized carbons (Fsp3) is 0.588. The van der Waals surface area contributed by atoms with Crippen molar-refractivity contribution in [2.45, 2.75) is 52.2 Å². The van der Waals surface area contributed by atoms with Crippen LogP contribution in [0.25, 0.3) is 0 Å². The molecule has 0 bridgehead atoms. The molecule has 1 rings (SSSR count). The van der Waals surface area contributed by atoms with Gasteiger partial charge < -0.3 is 11.1 Å². The Balaban J connectivity index is 2.34. The number of amides is 1. The molecule has 0 fully saturated rings. The molecular formula is C17H29N3O. The highest BCUT2D eigenvalue weighted by atomic mass is 16.1. The molecule has 118 valence electrons. The Morgan fingerprint density at radius 1 is 1.14 bits per heavy atom. The Morgan fingerprint density at radius 3 is 2.24 bits per heavy atom. The molecule has 3 N–H and O–H groups in total. The van der Waals surface area contributed by atoms with Gasteiger partial charge in [0.1, 0.15) is 0 Å². The number of rotatable bonds is 8. The lowest BCUT2D eigenvalue weighted by Crippen LogP contribution is -2.42. The number of carbonyl (C=O) groups excluding carboxylic acids is 1. The summed E-state index contributed by atoms with van der Waals surface area (Å²) in [5.41, 5.74) is 7.05. The minimum atomic E-state index is -0.238. The number of benzene rings is 1. The second kappa shape index (κ2) is 8.80. The van der Waals surface area contributed by atoms with Crippen LogP contribution in [0.2, 0.25) is 0 Å². The molecule has 0 aliphatic heterocycles. The monoisotopic (exact) mass is 291 g/mol. The lowest BCUT2D eigenvalue weighted by atomic mass is 10.0. The van der Waals surface area contributed by atoms with E-state index >= 15 is 0 Å². The molecule has 21 heavy (non-hydrogen) atoms. The van der Waals surface area contributed by atoms with Crippen molar-refractivity contribution in [3.8, 4) is 0 Å². The molecule has 4 heteroatoms. The standard InChI is InChI=1S/C17H29N3O/c1-13(2)20(14(3)4)11-10-19-17(21)12-16(18)15-8-6-5-7-9-15/h5-9,13-14,16H,10-12,18H2,1-4H3,(H,19,21). The normalized spacial score (nSPS) is 13.0. The molecular weight excluding hydrogens is 262 g/mol. The highest BCUT2D eigenvalue weighted by Crippen LogP contribution is 2.12. The van der Waals surface area contributed by atoms with Crippen LogP contribution in [0.3, 0.4) is 0 Å². The van der Waals surface area contributed by atoms with Crippen LogP contribution < -0.4 is 11.1 Å². The Labute approximate surface area is 128 Å². The van der Waals surface area contributed by atoms with E-state index in [0.29, 0.717) is 25.0 Å². The van der Waals surface area contributed by atoms with Crippen molar-refractivity contribution < 1.29 is 4.79 Å². The first-order valence-corrected chi connectivity index (χ1v) is 7.74. The molecule has 0 aliphatic rings. The van der Waals surface area contributed by atoms with Gasteiger partial charge in [0.05, 0.1) is 0 Å². The summed E-state index contributed by atoms with van der Waals surface area (Å²) >= 11 is 0. The largest absolute Gasteiger partial charge is 0.355 e. The SMILES string of the molecule is CC(C)N(CCNC(=O)CC(N)c1ccccc1)C(C)C. The number of nitrogens with two attached hydrogens (primary N) is 1. The van der Waals surface area contributed by atoms with Crippen LogP contribution in [0, 0.1) is 0 Å². The first kappa shape index (κ1) is 17.7. The zero-order valence-electron chi connectivity index (χ0n) is 13.7. The van der Waals surface area contributed by atoms with E-state index in [1.807, 2.05) is 30.3 Å². The van der Waals surface area contributed by atoms with Crippen molar-refractivity contribution in [3.63, 3.8) is 0 Å². The maximum atomic E-state index is 11.9. The number of carbonyl (C=O) groups is 1. The first-order valence-electron chi connectivity index (χ1n) is 7.74. The smallest absolute Gasteiger partial charge is 0.221 e. The van der Waals surface area contributed by atoms with Crippen molar-refractivity contribution in [2.24, 2.45) is 5.73 Å². The van der Waals surface area contributed by atoms with E-state index in [2.05, 4.69) is 37.9 Å². The minimum absolute atomic E-state index is 0.0128. The molecule has 0 aromatic heterocycles. The van der Waals surface area contributed by atoms with E-state index in [9.17, 15) is 4.79 Å². The van der Waals surface area contributed by atoms with E-state index in [1.165, 1.54) is 0 Å². The van der Waals surface area contributed by atoms with Crippen LogP contribution in [0.4, 0.5) is 0 Å². The third-order valence-corrected chi connectivity index (χ3v) is 3.65. The molecule has 0 saturated heterocycles. The molecule has 0 saturated carbocycles. The highest BCUT2D eigenvalue weighted by Gasteiger charge is 2.14. The lowest BCUT2D eigenvalue weighted by Gasteiger charge is -2.30. The number of nitrogens with one attached hydrogen (secondary N) is 1. The van der Waals surface area contributed by atoms with Crippen molar-refractivity contribution in [2.75, 3.05) is 13.1 Å². The quantitative estimate of drug-likeness (QED) is 0.773. The fourth-order valence-electron chi connectivity index (χ4n) is 2.53. The minimum Gasteiger partial charge on any atom is -0.355 e. The predicted octanol–water partition coefficient (Wildman–Crippen LogP) is 2.31. The summed E-state index contributed by atoms with van der Waals surface area (Å²) in [6, 6.07) is 10.5. The number of hydrogen-bond acceptors (Lipinski definition) is 3. The van der Waals surface area contributed by atoms with Crippen molar-refractivity contribution in [1.82, 2.24) is 10.2 Å². The maximum absolute atomic E-state index is 11.9. The van der Waals surface area contributed by atoms with Gasteiger partial charge in [-0.15, -0.1) is 0 Å². The van der Waals surface area contributed by atoms with Crippen LogP contribution in [0.5, 0.6) is 0 Å². The lowest BCUT2D eigenvalue weighted by molar-refractivity contribution is -0.121. The van der Waals surface area contributed by atoms with Gasteiger partial charge in [-0.05, 0) is 33.3 Å². The summed E-state index contributed by atoms with van der Waals surface area (Å²) in [6.07, 6.45) is 0.327. The van der Waals surface area contributed by atoms with Crippen molar-refractivity contribution in [1.29, 1.82) is 0 Å². The summed E-state index contributed by atoms with van der Waals surface area (Å²) in [5, 5.41) is 2.96. The molecule has 4 nitrogen and oxygen atoms in total. The van der Waals surface area contributed by atoms with Gasteiger partial charge in [-0.3, -0.25) is 9.69 Å². The molecule has 1 aromatic rings. The second-order valence-corrected chi connectivity index (χ2v) is 6.00. The number of nitrogens with zero attached hydrogens (tertiary/aromatic N) is 1. The van der Waals surface area contributed by atoms with E-state index in [4.69, 9.17) is 5.73 Å². The van der Waals surface area contributed by atoms with Gasteiger partial charge in [-0.25, -0.2) is 0 Å². The molecule has 0 aliphatic carbocycles. The molecule has 1 amide bonds. The number of hydrogen-bond donors (Lipinski definition) is 2. The van der Waals surface area contributed by atoms with Crippen molar-refractivity contribution in [3.05, 3.63) is 35.9 Å². The van der Waals surface area contributed by atoms with Gasteiger partial charge >= 0.3 is 0 Å². The highest BCUT2D eigenvalue weighted by molar-refractivity contribution is 5.76. The zero-order chi connectivity index (χ0) is 15.8. The Hall–Kier alpha value is -1.39. The molecule has 0 heterocycles. The molecule has 1 unspecified atom stereocenters. The third-order valence-electron chi connectivity index (χ3n) is 3.65. The fourth-order valence-corrected chi connectivity index (χ4v) is 2.53. The van der Waals surface area contributed by atoms with Gasteiger partial charge in [0.15, 0.2) is 0 Å². The van der Waals surface area contributed by atoms with Crippen LogP contribution in [0.1, 0.15) is 45.7 Å². The second-order valence-electron chi connectivity index (χ2n) is 6.00. The summed E-state index contributed by atoms with van der Waals surface area (Å²) in [5.74, 6) is 0.0128. The van der Waals surface area contributed by atoms with Gasteiger partial charge in [0, 0.05) is 37.6 Å². The Bertz CT molecular complexity index is 409. The van der Waals surface area contributed by atoms with Crippen LogP contribution >= 0.6 is 0 Å². The molecule has 0 spiro atoms. The average Bonchev–Trinajstić information content (AvgIpc) is 2.43. The summed E-state index contributed by atoms with van der Waals surface area (Å²) < 4.78 is 0. The molecule has 1 aromatic carbocycles. The van der Waals surface area contributed by atoms with Crippen LogP contribution in [-0.2, 0) is 4.79 Å². The van der Waals surface area contributed by atoms with Crippen LogP contribution in [-0.4, -0.2) is 36.0 Å². The summed E-state index contributed by atoms with van der Waals surface area (Å²) in [6.45, 7) is 10.2. The van der Waals surface area contributed by atoms with E-state index < -0.39 is 0 Å². The van der Waals surface area contributed by atoms with E-state index in [1.54, 1.807) is 0 Å². The molecule has 0 radical (unpaired) electrons. The maximum Gasteiger partial charge on any atom is 0.221 e. The zero-order valence-corrected chi connectivity index (χ0v) is 13.7. The Morgan fingerprint density at radius 2 is 1.71 bits per heavy atom. The third kappa shape index (κ3) is 6.27. The topological polar surface area (TPSA) is 58.4 Å². The summed E-state index contributed by atoms with van der Waals surface area (Å²) in [4.78, 5) is 14.3. The van der Waals surface area contributed by atoms with Gasteiger partial charge in [0.2, 0.25) is 5.91 Å². The van der Waals surface area contributed by atoms with Gasteiger partial charge in [-0.1, -0.05) is 30.3 Å². The molecule has 1 atom stereocenters. The average molecular weight is 291 g/mol. The first-order chi connectivity index (χ1) is 9.91. The van der Waals surface area contributed by atoms with Gasteiger partial charge in [0.25, 0.3) is 0 Å². The predicted molar refractivity (Wildman–Crippen MR) is 88.0 cm³/mol. The van der Waals surface area contributed by atoms with Gasteiger partial charge in [-0.2, -0.15) is 0 Å². The Kier molecular flexibility index (Phi) is 7.40.